The van der Waals surface area contributed by atoms with Crippen molar-refractivity contribution in [3.63, 3.8) is 0 Å². The Balaban J connectivity index is 2.83. The summed E-state index contributed by atoms with van der Waals surface area (Å²) in [6.45, 7) is 0.332. The van der Waals surface area contributed by atoms with Gasteiger partial charge in [-0.3, -0.25) is 4.99 Å². The van der Waals surface area contributed by atoms with Gasteiger partial charge in [-0.1, -0.05) is 0 Å². The van der Waals surface area contributed by atoms with Crippen LogP contribution in [0.25, 0.3) is 0 Å². The molecule has 8 heteroatoms. The highest BCUT2D eigenvalue weighted by Crippen LogP contribution is 2.12. The van der Waals surface area contributed by atoms with Crippen molar-refractivity contribution >= 4 is 17.8 Å². The van der Waals surface area contributed by atoms with E-state index in [1.54, 1.807) is 0 Å². The van der Waals surface area contributed by atoms with E-state index in [2.05, 4.69) is 4.99 Å². The zero-order chi connectivity index (χ0) is 12.3. The second kappa shape index (κ2) is 4.90. The van der Waals surface area contributed by atoms with Crippen LogP contribution in [0.2, 0.25) is 0 Å². The first-order chi connectivity index (χ1) is 7.43. The maximum atomic E-state index is 10.9. The van der Waals surface area contributed by atoms with Gasteiger partial charge in [0.1, 0.15) is 6.04 Å². The third kappa shape index (κ3) is 2.67. The van der Waals surface area contributed by atoms with Crippen LogP contribution in [0.3, 0.4) is 0 Å². The minimum Gasteiger partial charge on any atom is -0.480 e. The molecule has 0 radical (unpaired) electrons. The van der Waals surface area contributed by atoms with Gasteiger partial charge in [0.25, 0.3) is 0 Å². The third-order valence-corrected chi connectivity index (χ3v) is 2.16. The second-order valence-corrected chi connectivity index (χ2v) is 3.27. The summed E-state index contributed by atoms with van der Waals surface area (Å²) in [5.74, 6) is -2.99. The molecule has 0 aromatic rings. The van der Waals surface area contributed by atoms with Crippen LogP contribution in [0.4, 0.5) is 0 Å². The lowest BCUT2D eigenvalue weighted by atomic mass is 10.1. The Morgan fingerprint density at radius 2 is 2.00 bits per heavy atom. The Morgan fingerprint density at radius 3 is 2.44 bits per heavy atom. The third-order valence-electron chi connectivity index (χ3n) is 2.16. The molecule has 1 heterocycles. The SMILES string of the molecule is O=C(O)C1=NCCN1C(CC(O)O)C(=O)O. The quantitative estimate of drug-likeness (QED) is 0.401. The number of hydrogen-bond acceptors (Lipinski definition) is 6. The minimum atomic E-state index is -1.81. The van der Waals surface area contributed by atoms with E-state index in [1.165, 1.54) is 0 Å². The van der Waals surface area contributed by atoms with E-state index in [1.807, 2.05) is 0 Å². The average Bonchev–Trinajstić information content (AvgIpc) is 2.61. The minimum absolute atomic E-state index is 0.144. The van der Waals surface area contributed by atoms with Crippen LogP contribution in [0.5, 0.6) is 0 Å². The van der Waals surface area contributed by atoms with Crippen LogP contribution in [0.15, 0.2) is 4.99 Å². The van der Waals surface area contributed by atoms with E-state index in [0.29, 0.717) is 0 Å². The fourth-order valence-electron chi connectivity index (χ4n) is 1.52. The van der Waals surface area contributed by atoms with Gasteiger partial charge in [0.15, 0.2) is 6.29 Å². The van der Waals surface area contributed by atoms with E-state index < -0.39 is 30.7 Å². The first-order valence-corrected chi connectivity index (χ1v) is 4.56. The summed E-state index contributed by atoms with van der Waals surface area (Å²) >= 11 is 0. The van der Waals surface area contributed by atoms with Crippen molar-refractivity contribution in [1.29, 1.82) is 0 Å². The number of aliphatic hydroxyl groups excluding tert-OH is 1. The lowest BCUT2D eigenvalue weighted by Crippen LogP contribution is -2.47. The number of hydrogen-bond donors (Lipinski definition) is 4. The Kier molecular flexibility index (Phi) is 3.80. The van der Waals surface area contributed by atoms with Crippen LogP contribution >= 0.6 is 0 Å². The van der Waals surface area contributed by atoms with E-state index in [9.17, 15) is 9.59 Å². The summed E-state index contributed by atoms with van der Waals surface area (Å²) < 4.78 is 0. The molecule has 90 valence electrons. The summed E-state index contributed by atoms with van der Waals surface area (Å²) in [6.07, 6.45) is -2.28. The van der Waals surface area contributed by atoms with Gasteiger partial charge in [-0.2, -0.15) is 0 Å². The molecule has 4 N–H and O–H groups in total. The van der Waals surface area contributed by atoms with Gasteiger partial charge >= 0.3 is 11.9 Å². The topological polar surface area (TPSA) is 131 Å². The Bertz CT molecular complexity index is 326. The number of aliphatic hydroxyl groups is 2. The molecule has 0 aromatic carbocycles. The molecule has 1 aliphatic heterocycles. The highest BCUT2D eigenvalue weighted by molar-refractivity contribution is 6.35. The van der Waals surface area contributed by atoms with Crippen LogP contribution in [0.1, 0.15) is 6.42 Å². The molecule has 0 saturated carbocycles. The zero-order valence-electron chi connectivity index (χ0n) is 8.28. The normalized spacial score (nSPS) is 17.4. The van der Waals surface area contributed by atoms with Gasteiger partial charge in [-0.05, 0) is 0 Å². The number of carboxylic acid groups (broad SMARTS) is 2. The Morgan fingerprint density at radius 1 is 1.38 bits per heavy atom. The second-order valence-electron chi connectivity index (χ2n) is 3.27. The highest BCUT2D eigenvalue weighted by Gasteiger charge is 2.35. The van der Waals surface area contributed by atoms with E-state index in [4.69, 9.17) is 20.4 Å². The Hall–Kier alpha value is -1.67. The molecular weight excluding hydrogens is 220 g/mol. The molecule has 0 bridgehead atoms. The van der Waals surface area contributed by atoms with Gasteiger partial charge in [0, 0.05) is 13.0 Å². The summed E-state index contributed by atoms with van der Waals surface area (Å²) in [6, 6.07) is -1.29. The van der Waals surface area contributed by atoms with E-state index >= 15 is 0 Å². The molecule has 1 rings (SSSR count). The fraction of sp³-hybridized carbons (Fsp3) is 0.625. The average molecular weight is 232 g/mol. The molecule has 8 nitrogen and oxygen atoms in total. The van der Waals surface area contributed by atoms with Gasteiger partial charge in [0.2, 0.25) is 5.84 Å². The van der Waals surface area contributed by atoms with E-state index in [-0.39, 0.29) is 18.9 Å². The fourth-order valence-corrected chi connectivity index (χ4v) is 1.52. The van der Waals surface area contributed by atoms with Crippen molar-refractivity contribution in [2.75, 3.05) is 13.1 Å². The van der Waals surface area contributed by atoms with Crippen molar-refractivity contribution in [3.05, 3.63) is 0 Å². The smallest absolute Gasteiger partial charge is 0.371 e. The zero-order valence-corrected chi connectivity index (χ0v) is 8.28. The van der Waals surface area contributed by atoms with Crippen LogP contribution in [0, 0.1) is 0 Å². The van der Waals surface area contributed by atoms with Crippen LogP contribution in [-0.2, 0) is 9.59 Å². The predicted molar refractivity (Wildman–Crippen MR) is 50.9 cm³/mol. The first kappa shape index (κ1) is 12.4. The summed E-state index contributed by atoms with van der Waals surface area (Å²) in [5, 5.41) is 35.1. The number of aliphatic imine (C=N–C) groups is 1. The van der Waals surface area contributed by atoms with Gasteiger partial charge in [0.05, 0.1) is 6.54 Å². The number of rotatable bonds is 5. The maximum Gasteiger partial charge on any atom is 0.371 e. The van der Waals surface area contributed by atoms with Crippen molar-refractivity contribution in [2.45, 2.75) is 18.8 Å². The highest BCUT2D eigenvalue weighted by atomic mass is 16.5. The Labute approximate surface area is 90.4 Å². The van der Waals surface area contributed by atoms with Crippen molar-refractivity contribution in [2.24, 2.45) is 4.99 Å². The van der Waals surface area contributed by atoms with Gasteiger partial charge in [-0.15, -0.1) is 0 Å². The maximum absolute atomic E-state index is 10.9. The lowest BCUT2D eigenvalue weighted by molar-refractivity contribution is -0.146. The molecule has 1 aliphatic rings. The molecule has 0 spiro atoms. The van der Waals surface area contributed by atoms with Crippen LogP contribution in [-0.4, -0.2) is 68.5 Å². The predicted octanol–water partition coefficient (Wildman–Crippen LogP) is -2.06. The van der Waals surface area contributed by atoms with Crippen molar-refractivity contribution < 1.29 is 30.0 Å². The molecule has 1 unspecified atom stereocenters. The van der Waals surface area contributed by atoms with Crippen molar-refractivity contribution in [1.82, 2.24) is 4.90 Å². The number of nitrogens with zero attached hydrogens (tertiary/aromatic N) is 2. The molecule has 0 aromatic heterocycles. The molecule has 0 aliphatic carbocycles. The molecule has 0 fully saturated rings. The largest absolute Gasteiger partial charge is 0.480 e. The molecule has 0 amide bonds. The molecule has 1 atom stereocenters. The molecule has 0 saturated heterocycles. The number of aliphatic carboxylic acids is 2. The van der Waals surface area contributed by atoms with Crippen molar-refractivity contribution in [3.8, 4) is 0 Å². The number of carboxylic acids is 2. The summed E-state index contributed by atoms with van der Waals surface area (Å²) in [5.41, 5.74) is 0. The van der Waals surface area contributed by atoms with Gasteiger partial charge < -0.3 is 25.3 Å². The summed E-state index contributed by atoms with van der Waals surface area (Å²) in [7, 11) is 0. The van der Waals surface area contributed by atoms with Gasteiger partial charge in [-0.25, -0.2) is 9.59 Å². The van der Waals surface area contributed by atoms with Crippen LogP contribution < -0.4 is 0 Å². The first-order valence-electron chi connectivity index (χ1n) is 4.56. The standard InChI is InChI=1S/C8H12N2O6/c11-5(12)3-4(7(13)14)10-2-1-9-6(10)8(15)16/h4-5,11-12H,1-3H2,(H,13,14)(H,15,16). The lowest BCUT2D eigenvalue weighted by Gasteiger charge is -2.26. The summed E-state index contributed by atoms with van der Waals surface area (Å²) in [4.78, 5) is 26.3. The van der Waals surface area contributed by atoms with E-state index in [0.717, 1.165) is 4.90 Å². The molecule has 16 heavy (non-hydrogen) atoms. The molecular formula is C8H12N2O6. The number of carbonyl (C=O) groups is 2. The monoisotopic (exact) mass is 232 g/mol. The number of amidine groups is 1.